The number of sulfonamides is 1. The maximum absolute atomic E-state index is 12.8. The van der Waals surface area contributed by atoms with Crippen LogP contribution in [0.3, 0.4) is 0 Å². The van der Waals surface area contributed by atoms with Crippen molar-refractivity contribution in [1.29, 1.82) is 0 Å². The number of para-hydroxylation sites is 1. The first-order valence-corrected chi connectivity index (χ1v) is 10.5. The fourth-order valence-electron chi connectivity index (χ4n) is 2.86. The van der Waals surface area contributed by atoms with Crippen LogP contribution >= 0.6 is 0 Å². The van der Waals surface area contributed by atoms with Crippen molar-refractivity contribution >= 4 is 21.6 Å². The molecular weight excluding hydrogens is 360 g/mol. The van der Waals surface area contributed by atoms with E-state index in [1.54, 1.807) is 12.1 Å². The summed E-state index contributed by atoms with van der Waals surface area (Å²) in [6.07, 6.45) is 0.991. The van der Waals surface area contributed by atoms with Gasteiger partial charge in [0.2, 0.25) is 15.9 Å². The Morgan fingerprint density at radius 1 is 1.07 bits per heavy atom. The largest absolute Gasteiger partial charge is 0.324 e. The first kappa shape index (κ1) is 21.1. The minimum Gasteiger partial charge on any atom is -0.324 e. The van der Waals surface area contributed by atoms with E-state index in [0.717, 1.165) is 33.1 Å². The lowest BCUT2D eigenvalue weighted by atomic mass is 9.99. The highest BCUT2D eigenvalue weighted by atomic mass is 32.2. The molecule has 1 amide bonds. The van der Waals surface area contributed by atoms with Gasteiger partial charge in [0.25, 0.3) is 0 Å². The van der Waals surface area contributed by atoms with Gasteiger partial charge in [-0.2, -0.15) is 4.31 Å². The summed E-state index contributed by atoms with van der Waals surface area (Å²) in [6.45, 7) is 7.76. The van der Waals surface area contributed by atoms with Crippen molar-refractivity contribution in [3.05, 3.63) is 59.2 Å². The molecule has 0 saturated carbocycles. The van der Waals surface area contributed by atoms with Crippen LogP contribution in [0, 0.1) is 13.8 Å². The molecule has 2 aromatic rings. The Labute approximate surface area is 162 Å². The summed E-state index contributed by atoms with van der Waals surface area (Å²) in [7, 11) is -2.30. The van der Waals surface area contributed by atoms with Crippen molar-refractivity contribution in [2.75, 3.05) is 18.9 Å². The lowest BCUT2D eigenvalue weighted by molar-refractivity contribution is -0.116. The molecule has 1 N–H and O–H groups in total. The Kier molecular flexibility index (Phi) is 6.78. The molecule has 0 aliphatic rings. The third-order valence-corrected chi connectivity index (χ3v) is 6.70. The SMILES string of the molecule is CCC(C)c1ccc(S(=O)(=O)N(C)CC(=O)Nc2c(C)cccc2C)cc1. The summed E-state index contributed by atoms with van der Waals surface area (Å²) >= 11 is 0. The van der Waals surface area contributed by atoms with Crippen LogP contribution in [0.4, 0.5) is 5.69 Å². The van der Waals surface area contributed by atoms with E-state index in [0.29, 0.717) is 5.92 Å². The van der Waals surface area contributed by atoms with Crippen LogP contribution in [0.25, 0.3) is 0 Å². The maximum atomic E-state index is 12.8. The van der Waals surface area contributed by atoms with Crippen molar-refractivity contribution in [1.82, 2.24) is 4.31 Å². The molecule has 0 fully saturated rings. The lowest BCUT2D eigenvalue weighted by Gasteiger charge is -2.18. The molecule has 5 nitrogen and oxygen atoms in total. The molecule has 6 heteroatoms. The first-order valence-electron chi connectivity index (χ1n) is 9.09. The van der Waals surface area contributed by atoms with Gasteiger partial charge in [-0.3, -0.25) is 4.79 Å². The van der Waals surface area contributed by atoms with E-state index in [9.17, 15) is 13.2 Å². The van der Waals surface area contributed by atoms with Gasteiger partial charge in [-0.05, 0) is 55.0 Å². The van der Waals surface area contributed by atoms with E-state index >= 15 is 0 Å². The first-order chi connectivity index (χ1) is 12.7. The van der Waals surface area contributed by atoms with Crippen LogP contribution in [-0.4, -0.2) is 32.2 Å². The average molecular weight is 389 g/mol. The highest BCUT2D eigenvalue weighted by Crippen LogP contribution is 2.22. The molecule has 0 radical (unpaired) electrons. The third-order valence-electron chi connectivity index (χ3n) is 4.88. The number of hydrogen-bond donors (Lipinski definition) is 1. The number of likely N-dealkylation sites (N-methyl/N-ethyl adjacent to an activating group) is 1. The van der Waals surface area contributed by atoms with Crippen LogP contribution in [0.15, 0.2) is 47.4 Å². The normalized spacial score (nSPS) is 12.8. The van der Waals surface area contributed by atoms with Crippen molar-refractivity contribution < 1.29 is 13.2 Å². The van der Waals surface area contributed by atoms with E-state index in [4.69, 9.17) is 0 Å². The van der Waals surface area contributed by atoms with Crippen LogP contribution < -0.4 is 5.32 Å². The zero-order valence-electron chi connectivity index (χ0n) is 16.6. The molecule has 0 saturated heterocycles. The van der Waals surface area contributed by atoms with Gasteiger partial charge in [0.05, 0.1) is 11.4 Å². The fourth-order valence-corrected chi connectivity index (χ4v) is 3.99. The Bertz CT molecular complexity index is 885. The van der Waals surface area contributed by atoms with E-state index in [1.807, 2.05) is 44.2 Å². The summed E-state index contributed by atoms with van der Waals surface area (Å²) in [5.74, 6) is 0.0114. The predicted molar refractivity (Wildman–Crippen MR) is 110 cm³/mol. The number of nitrogens with one attached hydrogen (secondary N) is 1. The van der Waals surface area contributed by atoms with Gasteiger partial charge < -0.3 is 5.32 Å². The second kappa shape index (κ2) is 8.67. The van der Waals surface area contributed by atoms with Gasteiger partial charge >= 0.3 is 0 Å². The summed E-state index contributed by atoms with van der Waals surface area (Å²) < 4.78 is 26.6. The number of nitrogens with zero attached hydrogens (tertiary/aromatic N) is 1. The molecule has 2 rings (SSSR count). The summed E-state index contributed by atoms with van der Waals surface area (Å²) in [5.41, 5.74) is 3.71. The number of carbonyl (C=O) groups is 1. The molecule has 0 spiro atoms. The summed E-state index contributed by atoms with van der Waals surface area (Å²) in [4.78, 5) is 12.6. The van der Waals surface area contributed by atoms with E-state index in [-0.39, 0.29) is 17.3 Å². The molecular formula is C21H28N2O3S. The number of rotatable bonds is 7. The zero-order chi connectivity index (χ0) is 20.2. The fraction of sp³-hybridized carbons (Fsp3) is 0.381. The van der Waals surface area contributed by atoms with Crippen LogP contribution in [-0.2, 0) is 14.8 Å². The van der Waals surface area contributed by atoms with E-state index in [1.165, 1.54) is 7.05 Å². The Morgan fingerprint density at radius 3 is 2.15 bits per heavy atom. The highest BCUT2D eigenvalue weighted by molar-refractivity contribution is 7.89. The second-order valence-electron chi connectivity index (χ2n) is 6.95. The molecule has 0 aliphatic carbocycles. The quantitative estimate of drug-likeness (QED) is 0.777. The van der Waals surface area contributed by atoms with Crippen molar-refractivity contribution in [2.45, 2.75) is 44.9 Å². The molecule has 27 heavy (non-hydrogen) atoms. The molecule has 0 heterocycles. The Balaban J connectivity index is 2.11. The Hall–Kier alpha value is -2.18. The minimum absolute atomic E-state index is 0.192. The number of aryl methyl sites for hydroxylation is 2. The predicted octanol–water partition coefficient (Wildman–Crippen LogP) is 4.08. The molecule has 0 aromatic heterocycles. The smallest absolute Gasteiger partial charge is 0.243 e. The van der Waals surface area contributed by atoms with Crippen LogP contribution in [0.2, 0.25) is 0 Å². The molecule has 0 bridgehead atoms. The van der Waals surface area contributed by atoms with Gasteiger partial charge in [0.15, 0.2) is 0 Å². The Morgan fingerprint density at radius 2 is 1.63 bits per heavy atom. The minimum atomic E-state index is -3.72. The monoisotopic (exact) mass is 388 g/mol. The van der Waals surface area contributed by atoms with Gasteiger partial charge in [-0.25, -0.2) is 8.42 Å². The number of hydrogen-bond acceptors (Lipinski definition) is 3. The lowest BCUT2D eigenvalue weighted by Crippen LogP contribution is -2.35. The number of carbonyl (C=O) groups excluding carboxylic acids is 1. The second-order valence-corrected chi connectivity index (χ2v) is 9.00. The van der Waals surface area contributed by atoms with Crippen molar-refractivity contribution in [2.24, 2.45) is 0 Å². The number of benzene rings is 2. The number of amides is 1. The van der Waals surface area contributed by atoms with Crippen LogP contribution in [0.1, 0.15) is 42.9 Å². The van der Waals surface area contributed by atoms with Gasteiger partial charge in [0, 0.05) is 12.7 Å². The standard InChI is InChI=1S/C21H28N2O3S/c1-6-15(2)18-10-12-19(13-11-18)27(25,26)23(5)14-20(24)22-21-16(3)8-7-9-17(21)4/h7-13,15H,6,14H2,1-5H3,(H,22,24). The highest BCUT2D eigenvalue weighted by Gasteiger charge is 2.23. The van der Waals surface area contributed by atoms with Crippen LogP contribution in [0.5, 0.6) is 0 Å². The molecule has 1 unspecified atom stereocenters. The third kappa shape index (κ3) is 4.96. The van der Waals surface area contributed by atoms with Gasteiger partial charge in [-0.1, -0.05) is 44.2 Å². The van der Waals surface area contributed by atoms with Crippen molar-refractivity contribution in [3.63, 3.8) is 0 Å². The average Bonchev–Trinajstić information content (AvgIpc) is 2.64. The summed E-state index contributed by atoms with van der Waals surface area (Å²) in [5, 5.41) is 2.82. The number of anilines is 1. The zero-order valence-corrected chi connectivity index (χ0v) is 17.4. The van der Waals surface area contributed by atoms with Gasteiger partial charge in [0.1, 0.15) is 0 Å². The molecule has 2 aromatic carbocycles. The topological polar surface area (TPSA) is 66.5 Å². The molecule has 0 aliphatic heterocycles. The molecule has 146 valence electrons. The van der Waals surface area contributed by atoms with Gasteiger partial charge in [-0.15, -0.1) is 0 Å². The molecule has 1 atom stereocenters. The van der Waals surface area contributed by atoms with Crippen molar-refractivity contribution in [3.8, 4) is 0 Å². The van der Waals surface area contributed by atoms with E-state index < -0.39 is 10.0 Å². The maximum Gasteiger partial charge on any atom is 0.243 e. The van der Waals surface area contributed by atoms with E-state index in [2.05, 4.69) is 19.2 Å². The summed E-state index contributed by atoms with van der Waals surface area (Å²) in [6, 6.07) is 12.6.